The van der Waals surface area contributed by atoms with Crippen LogP contribution in [0.3, 0.4) is 0 Å². The molecule has 11 heavy (non-hydrogen) atoms. The van der Waals surface area contributed by atoms with Crippen molar-refractivity contribution in [3.8, 4) is 0 Å². The molecule has 0 aliphatic carbocycles. The molecule has 0 aromatic carbocycles. The highest BCUT2D eigenvalue weighted by Gasteiger charge is 1.99. The Hall–Kier alpha value is -0.240. The molecule has 3 heteroatoms. The van der Waals surface area contributed by atoms with Crippen LogP contribution in [0, 0.1) is 0 Å². The summed E-state index contributed by atoms with van der Waals surface area (Å²) >= 11 is 5.87. The Kier molecular flexibility index (Phi) is 6.33. The number of halogens is 1. The third kappa shape index (κ3) is 7.66. The fraction of sp³-hybridized carbons (Fsp3) is 0.875. The zero-order valence-electron chi connectivity index (χ0n) is 7.19. The molecule has 1 unspecified atom stereocenters. The van der Waals surface area contributed by atoms with Crippen molar-refractivity contribution >= 4 is 17.5 Å². The average molecular weight is 178 g/mol. The third-order valence-corrected chi connectivity index (χ3v) is 2.04. The summed E-state index contributed by atoms with van der Waals surface area (Å²) in [5, 5.41) is 2.99. The standard InChI is InChI=1S/C8H16ClNO/c1-3-8(9)5-4-6-10-7(2)11/h8H,3-6H2,1-2H3,(H,10,11). The van der Waals surface area contributed by atoms with Gasteiger partial charge in [0.25, 0.3) is 0 Å². The first kappa shape index (κ1) is 10.8. The Bertz CT molecular complexity index is 117. The lowest BCUT2D eigenvalue weighted by molar-refractivity contribution is -0.118. The minimum Gasteiger partial charge on any atom is -0.356 e. The van der Waals surface area contributed by atoms with Crippen LogP contribution in [0.5, 0.6) is 0 Å². The van der Waals surface area contributed by atoms with Crippen LogP contribution in [0.25, 0.3) is 0 Å². The number of alkyl halides is 1. The van der Waals surface area contributed by atoms with Gasteiger partial charge in [0.1, 0.15) is 0 Å². The Balaban J connectivity index is 3.08. The molecule has 66 valence electrons. The summed E-state index contributed by atoms with van der Waals surface area (Å²) in [5.41, 5.74) is 0. The van der Waals surface area contributed by atoms with E-state index in [2.05, 4.69) is 12.2 Å². The minimum absolute atomic E-state index is 0.0348. The van der Waals surface area contributed by atoms with Crippen LogP contribution in [-0.2, 0) is 4.79 Å². The summed E-state index contributed by atoms with van der Waals surface area (Å²) in [6.45, 7) is 4.34. The Morgan fingerprint density at radius 3 is 2.73 bits per heavy atom. The molecule has 0 spiro atoms. The van der Waals surface area contributed by atoms with Crippen LogP contribution in [0.4, 0.5) is 0 Å². The minimum atomic E-state index is 0.0348. The van der Waals surface area contributed by atoms with E-state index < -0.39 is 0 Å². The third-order valence-electron chi connectivity index (χ3n) is 1.51. The number of hydrogen-bond donors (Lipinski definition) is 1. The van der Waals surface area contributed by atoms with Crippen molar-refractivity contribution in [1.82, 2.24) is 5.32 Å². The molecule has 2 nitrogen and oxygen atoms in total. The van der Waals surface area contributed by atoms with E-state index in [0.717, 1.165) is 25.8 Å². The number of nitrogens with one attached hydrogen (secondary N) is 1. The fourth-order valence-electron chi connectivity index (χ4n) is 0.792. The smallest absolute Gasteiger partial charge is 0.216 e. The molecule has 0 aromatic rings. The van der Waals surface area contributed by atoms with Crippen molar-refractivity contribution in [1.29, 1.82) is 0 Å². The first-order chi connectivity index (χ1) is 5.16. The Labute approximate surface area is 73.3 Å². The van der Waals surface area contributed by atoms with E-state index in [1.165, 1.54) is 6.92 Å². The van der Waals surface area contributed by atoms with E-state index in [4.69, 9.17) is 11.6 Å². The van der Waals surface area contributed by atoms with Crippen LogP contribution >= 0.6 is 11.6 Å². The molecule has 0 rings (SSSR count). The summed E-state index contributed by atoms with van der Waals surface area (Å²) in [4.78, 5) is 10.4. The monoisotopic (exact) mass is 177 g/mol. The van der Waals surface area contributed by atoms with E-state index in [1.54, 1.807) is 0 Å². The van der Waals surface area contributed by atoms with Crippen molar-refractivity contribution in [3.05, 3.63) is 0 Å². The van der Waals surface area contributed by atoms with Crippen LogP contribution < -0.4 is 5.32 Å². The highest BCUT2D eigenvalue weighted by molar-refractivity contribution is 6.20. The molecule has 1 atom stereocenters. The molecular weight excluding hydrogens is 162 g/mol. The predicted octanol–water partition coefficient (Wildman–Crippen LogP) is 1.92. The molecule has 0 aromatic heterocycles. The molecule has 1 N–H and O–H groups in total. The maximum Gasteiger partial charge on any atom is 0.216 e. The van der Waals surface area contributed by atoms with Crippen LogP contribution in [0.15, 0.2) is 0 Å². The van der Waals surface area contributed by atoms with Crippen molar-refractivity contribution < 1.29 is 4.79 Å². The van der Waals surface area contributed by atoms with Gasteiger partial charge in [-0.25, -0.2) is 0 Å². The van der Waals surface area contributed by atoms with Crippen LogP contribution in [0.1, 0.15) is 33.1 Å². The lowest BCUT2D eigenvalue weighted by Gasteiger charge is -2.05. The molecule has 0 fully saturated rings. The molecule has 0 saturated carbocycles. The molecule has 0 aliphatic rings. The van der Waals surface area contributed by atoms with Gasteiger partial charge in [-0.2, -0.15) is 0 Å². The maximum atomic E-state index is 10.4. The number of rotatable bonds is 5. The van der Waals surface area contributed by atoms with Gasteiger partial charge in [0, 0.05) is 18.8 Å². The van der Waals surface area contributed by atoms with Gasteiger partial charge in [-0.1, -0.05) is 6.92 Å². The normalized spacial score (nSPS) is 12.6. The lowest BCUT2D eigenvalue weighted by atomic mass is 10.2. The molecule has 0 bridgehead atoms. The highest BCUT2D eigenvalue weighted by Crippen LogP contribution is 2.07. The van der Waals surface area contributed by atoms with Gasteiger partial charge >= 0.3 is 0 Å². The molecule has 0 saturated heterocycles. The highest BCUT2D eigenvalue weighted by atomic mass is 35.5. The molecule has 0 radical (unpaired) electrons. The van der Waals surface area contributed by atoms with Crippen molar-refractivity contribution in [3.63, 3.8) is 0 Å². The number of hydrogen-bond acceptors (Lipinski definition) is 1. The quantitative estimate of drug-likeness (QED) is 0.505. The predicted molar refractivity (Wildman–Crippen MR) is 47.8 cm³/mol. The van der Waals surface area contributed by atoms with Gasteiger partial charge in [0.05, 0.1) is 0 Å². The zero-order valence-corrected chi connectivity index (χ0v) is 7.95. The number of carbonyl (C=O) groups is 1. The second-order valence-corrected chi connectivity index (χ2v) is 3.25. The summed E-state index contributed by atoms with van der Waals surface area (Å²) < 4.78 is 0. The molecule has 0 aliphatic heterocycles. The SMILES string of the molecule is CCC(Cl)CCCNC(C)=O. The van der Waals surface area contributed by atoms with E-state index in [1.807, 2.05) is 0 Å². The topological polar surface area (TPSA) is 29.1 Å². The van der Waals surface area contributed by atoms with Crippen molar-refractivity contribution in [2.75, 3.05) is 6.54 Å². The maximum absolute atomic E-state index is 10.4. The van der Waals surface area contributed by atoms with Gasteiger partial charge in [-0.05, 0) is 19.3 Å². The van der Waals surface area contributed by atoms with E-state index >= 15 is 0 Å². The van der Waals surface area contributed by atoms with Gasteiger partial charge in [0.15, 0.2) is 0 Å². The molecule has 1 amide bonds. The van der Waals surface area contributed by atoms with Gasteiger partial charge in [0.2, 0.25) is 5.91 Å². The van der Waals surface area contributed by atoms with Gasteiger partial charge in [-0.15, -0.1) is 11.6 Å². The zero-order chi connectivity index (χ0) is 8.69. The van der Waals surface area contributed by atoms with E-state index in [9.17, 15) is 4.79 Å². The Morgan fingerprint density at radius 2 is 2.27 bits per heavy atom. The fourth-order valence-corrected chi connectivity index (χ4v) is 0.946. The second kappa shape index (κ2) is 6.47. The first-order valence-electron chi connectivity index (χ1n) is 4.05. The van der Waals surface area contributed by atoms with Crippen molar-refractivity contribution in [2.45, 2.75) is 38.5 Å². The van der Waals surface area contributed by atoms with Gasteiger partial charge < -0.3 is 5.32 Å². The summed E-state index contributed by atoms with van der Waals surface area (Å²) in [7, 11) is 0. The Morgan fingerprint density at radius 1 is 1.64 bits per heavy atom. The van der Waals surface area contributed by atoms with Crippen LogP contribution in [-0.4, -0.2) is 17.8 Å². The average Bonchev–Trinajstić information content (AvgIpc) is 1.97. The summed E-state index contributed by atoms with van der Waals surface area (Å²) in [5.74, 6) is 0.0348. The largest absolute Gasteiger partial charge is 0.356 e. The van der Waals surface area contributed by atoms with Crippen LogP contribution in [0.2, 0.25) is 0 Å². The number of carbonyl (C=O) groups excluding carboxylic acids is 1. The first-order valence-corrected chi connectivity index (χ1v) is 4.49. The van der Waals surface area contributed by atoms with Gasteiger partial charge in [-0.3, -0.25) is 4.79 Å². The van der Waals surface area contributed by atoms with E-state index in [-0.39, 0.29) is 11.3 Å². The summed E-state index contributed by atoms with van der Waals surface area (Å²) in [6, 6.07) is 0. The molecule has 0 heterocycles. The lowest BCUT2D eigenvalue weighted by Crippen LogP contribution is -2.21. The number of amides is 1. The second-order valence-electron chi connectivity index (χ2n) is 2.63. The summed E-state index contributed by atoms with van der Waals surface area (Å²) in [6.07, 6.45) is 2.96. The van der Waals surface area contributed by atoms with E-state index in [0.29, 0.717) is 0 Å². The molecular formula is C8H16ClNO. The van der Waals surface area contributed by atoms with Crippen molar-refractivity contribution in [2.24, 2.45) is 0 Å².